The fraction of sp³-hybridized carbons (Fsp3) is 0.444. The highest BCUT2D eigenvalue weighted by atomic mass is 14.3. The minimum atomic E-state index is -0.0408. The van der Waals surface area contributed by atoms with E-state index in [1.165, 1.54) is 77.9 Å². The van der Waals surface area contributed by atoms with E-state index in [-0.39, 0.29) is 32.5 Å². The summed E-state index contributed by atoms with van der Waals surface area (Å²) in [4.78, 5) is 0. The molecule has 0 nitrogen and oxygen atoms in total. The third kappa shape index (κ3) is 8.80. The molecule has 5 aromatic rings. The van der Waals surface area contributed by atoms with Crippen LogP contribution in [0, 0.1) is 0 Å². The van der Waals surface area contributed by atoms with Gasteiger partial charge in [-0.05, 0) is 123 Å². The molecule has 0 N–H and O–H groups in total. The highest BCUT2D eigenvalue weighted by molar-refractivity contribution is 5.97. The average Bonchev–Trinajstić information content (AvgIpc) is 3.05. The SMILES string of the molecule is CC(C)(C)c1cc(-c2cc(-c3ccccc3C(C)(C)C)c(-c3cc(C(C)(C)C)cc(C(C)(C)C)c3)cc2-c2ccccc2C(C)(C)C)cc(C(C)(C)C)c1. The van der Waals surface area contributed by atoms with Gasteiger partial charge in [0, 0.05) is 0 Å². The van der Waals surface area contributed by atoms with Crippen molar-refractivity contribution in [2.75, 3.05) is 0 Å². The first kappa shape index (κ1) is 41.3. The van der Waals surface area contributed by atoms with Gasteiger partial charge in [-0.15, -0.1) is 0 Å². The zero-order chi connectivity index (χ0) is 40.4. The molecule has 0 heterocycles. The first-order chi connectivity index (χ1) is 24.6. The summed E-state index contributed by atoms with van der Waals surface area (Å²) in [6, 6.07) is 38.2. The summed E-state index contributed by atoms with van der Waals surface area (Å²) in [5.41, 5.74) is 18.4. The van der Waals surface area contributed by atoms with E-state index in [0.29, 0.717) is 0 Å². The zero-order valence-corrected chi connectivity index (χ0v) is 37.2. The number of rotatable bonds is 4. The van der Waals surface area contributed by atoms with Crippen LogP contribution in [-0.2, 0) is 32.5 Å². The Kier molecular flexibility index (Phi) is 10.7. The van der Waals surface area contributed by atoms with E-state index in [4.69, 9.17) is 0 Å². The van der Waals surface area contributed by atoms with Gasteiger partial charge in [0.15, 0.2) is 0 Å². The van der Waals surface area contributed by atoms with Crippen molar-refractivity contribution in [3.8, 4) is 44.5 Å². The molecule has 0 radical (unpaired) electrons. The Morgan fingerprint density at radius 1 is 0.241 bits per heavy atom. The van der Waals surface area contributed by atoms with Gasteiger partial charge in [-0.1, -0.05) is 210 Å². The van der Waals surface area contributed by atoms with Crippen LogP contribution in [0.3, 0.4) is 0 Å². The van der Waals surface area contributed by atoms with Gasteiger partial charge in [-0.25, -0.2) is 0 Å². The second-order valence-corrected chi connectivity index (χ2v) is 22.1. The average molecular weight is 719 g/mol. The smallest absolute Gasteiger partial charge is 0.00958 e. The maximum absolute atomic E-state index is 2.56. The molecule has 286 valence electrons. The van der Waals surface area contributed by atoms with E-state index in [9.17, 15) is 0 Å². The molecule has 5 rings (SSSR count). The van der Waals surface area contributed by atoms with Gasteiger partial charge in [0.2, 0.25) is 0 Å². The molecule has 0 saturated carbocycles. The van der Waals surface area contributed by atoms with Crippen LogP contribution in [0.1, 0.15) is 158 Å². The molecule has 0 bridgehead atoms. The van der Waals surface area contributed by atoms with E-state index in [1.807, 2.05) is 0 Å². The molecule has 5 aromatic carbocycles. The molecule has 0 aliphatic heterocycles. The van der Waals surface area contributed by atoms with E-state index in [1.54, 1.807) is 0 Å². The lowest BCUT2D eigenvalue weighted by molar-refractivity contribution is 0.568. The van der Waals surface area contributed by atoms with Crippen LogP contribution >= 0.6 is 0 Å². The lowest BCUT2D eigenvalue weighted by atomic mass is 9.74. The fourth-order valence-electron chi connectivity index (χ4n) is 7.57. The minimum Gasteiger partial charge on any atom is -0.0619 e. The number of hydrogen-bond donors (Lipinski definition) is 0. The predicted octanol–water partition coefficient (Wildman–Crippen LogP) is 16.1. The molecule has 0 aliphatic rings. The number of benzene rings is 5. The van der Waals surface area contributed by atoms with Crippen LogP contribution in [0.15, 0.2) is 97.1 Å². The molecule has 0 amide bonds. The monoisotopic (exact) mass is 719 g/mol. The second kappa shape index (κ2) is 14.0. The highest BCUT2D eigenvalue weighted by Gasteiger charge is 2.29. The van der Waals surface area contributed by atoms with Crippen LogP contribution in [-0.4, -0.2) is 0 Å². The molecule has 54 heavy (non-hydrogen) atoms. The van der Waals surface area contributed by atoms with Crippen LogP contribution in [0.2, 0.25) is 0 Å². The summed E-state index contributed by atoms with van der Waals surface area (Å²) in [7, 11) is 0. The molecule has 0 aliphatic carbocycles. The van der Waals surface area contributed by atoms with Crippen LogP contribution in [0.25, 0.3) is 44.5 Å². The molecule has 0 saturated heterocycles. The Hall–Kier alpha value is -3.90. The molecule has 0 heteroatoms. The normalized spacial score (nSPS) is 13.4. The van der Waals surface area contributed by atoms with Gasteiger partial charge in [0.25, 0.3) is 0 Å². The summed E-state index contributed by atoms with van der Waals surface area (Å²) in [5, 5.41) is 0. The van der Waals surface area contributed by atoms with Gasteiger partial charge in [-0.2, -0.15) is 0 Å². The Morgan fingerprint density at radius 2 is 0.500 bits per heavy atom. The molecule has 0 aromatic heterocycles. The third-order valence-corrected chi connectivity index (χ3v) is 11.2. The van der Waals surface area contributed by atoms with Crippen molar-refractivity contribution in [3.05, 3.63) is 130 Å². The van der Waals surface area contributed by atoms with E-state index < -0.39 is 0 Å². The maximum Gasteiger partial charge on any atom is -0.00958 e. The summed E-state index contributed by atoms with van der Waals surface area (Å²) in [5.74, 6) is 0. The van der Waals surface area contributed by atoms with E-state index in [2.05, 4.69) is 222 Å². The fourth-order valence-corrected chi connectivity index (χ4v) is 7.57. The summed E-state index contributed by atoms with van der Waals surface area (Å²) in [6.45, 7) is 42.2. The Bertz CT molecular complexity index is 1920. The van der Waals surface area contributed by atoms with Gasteiger partial charge in [-0.3, -0.25) is 0 Å². The summed E-state index contributed by atoms with van der Waals surface area (Å²) < 4.78 is 0. The molecule has 0 fully saturated rings. The number of hydrogen-bond acceptors (Lipinski definition) is 0. The van der Waals surface area contributed by atoms with Gasteiger partial charge in [0.1, 0.15) is 0 Å². The van der Waals surface area contributed by atoms with Crippen molar-refractivity contribution >= 4 is 0 Å². The molecular weight excluding hydrogens is 649 g/mol. The lowest BCUT2D eigenvalue weighted by Gasteiger charge is -2.30. The maximum atomic E-state index is 2.56. The second-order valence-electron chi connectivity index (χ2n) is 22.1. The van der Waals surface area contributed by atoms with Crippen molar-refractivity contribution in [2.45, 2.75) is 157 Å². The molecule has 0 unspecified atom stereocenters. The van der Waals surface area contributed by atoms with Crippen LogP contribution in [0.4, 0.5) is 0 Å². The summed E-state index contributed by atoms with van der Waals surface area (Å²) in [6.07, 6.45) is 0. The van der Waals surface area contributed by atoms with Crippen molar-refractivity contribution in [3.63, 3.8) is 0 Å². The van der Waals surface area contributed by atoms with Crippen molar-refractivity contribution < 1.29 is 0 Å². The predicted molar refractivity (Wildman–Crippen MR) is 240 cm³/mol. The van der Waals surface area contributed by atoms with Gasteiger partial charge < -0.3 is 0 Å². The lowest BCUT2D eigenvalue weighted by Crippen LogP contribution is -2.17. The Morgan fingerprint density at radius 3 is 0.741 bits per heavy atom. The summed E-state index contributed by atoms with van der Waals surface area (Å²) >= 11 is 0. The van der Waals surface area contributed by atoms with E-state index in [0.717, 1.165) is 0 Å². The molecular formula is C54H70. The topological polar surface area (TPSA) is 0 Å². The first-order valence-corrected chi connectivity index (χ1v) is 20.3. The highest BCUT2D eigenvalue weighted by Crippen LogP contribution is 2.48. The van der Waals surface area contributed by atoms with E-state index >= 15 is 0 Å². The minimum absolute atomic E-state index is 0.00214. The Labute approximate surface area is 330 Å². The first-order valence-electron chi connectivity index (χ1n) is 20.3. The van der Waals surface area contributed by atoms with Crippen molar-refractivity contribution in [1.29, 1.82) is 0 Å². The Balaban J connectivity index is 2.09. The van der Waals surface area contributed by atoms with Crippen LogP contribution in [0.5, 0.6) is 0 Å². The van der Waals surface area contributed by atoms with Crippen molar-refractivity contribution in [2.24, 2.45) is 0 Å². The van der Waals surface area contributed by atoms with Gasteiger partial charge >= 0.3 is 0 Å². The van der Waals surface area contributed by atoms with Crippen LogP contribution < -0.4 is 0 Å². The van der Waals surface area contributed by atoms with Crippen molar-refractivity contribution in [1.82, 2.24) is 0 Å². The standard InChI is InChI=1S/C54H70/c1-49(2,3)37-27-35(28-38(31-37)50(4,5)6)43-33-46(42-24-20-22-26-48(42)54(16,17)18)44(34-45(43)41-23-19-21-25-47(41)53(13,14)15)36-29-39(51(7,8)9)32-40(30-36)52(10,11)12/h19-34H,1-18H3. The van der Waals surface area contributed by atoms with Gasteiger partial charge in [0.05, 0.1) is 0 Å². The molecule has 0 spiro atoms. The third-order valence-electron chi connectivity index (χ3n) is 11.2. The largest absolute Gasteiger partial charge is 0.0619 e. The quantitative estimate of drug-likeness (QED) is 0.174. The zero-order valence-electron chi connectivity index (χ0n) is 37.2. The molecule has 0 atom stereocenters.